The highest BCUT2D eigenvalue weighted by Gasteiger charge is 2.33. The number of rotatable bonds is 8. The van der Waals surface area contributed by atoms with E-state index in [1.54, 1.807) is 0 Å². The molecular weight excluding hydrogens is 422 g/mol. The molecule has 0 bridgehead atoms. The van der Waals surface area contributed by atoms with Crippen LogP contribution in [0.25, 0.3) is 11.1 Å². The molecule has 1 aliphatic heterocycles. The van der Waals surface area contributed by atoms with Gasteiger partial charge in [0.1, 0.15) is 12.6 Å². The number of aliphatic carboxylic acids is 1. The van der Waals surface area contributed by atoms with E-state index < -0.39 is 30.4 Å². The number of carbonyl (C=O) groups excluding carboxylic acids is 2. The van der Waals surface area contributed by atoms with Crippen LogP contribution in [0, 0.1) is 0 Å². The predicted molar refractivity (Wildman–Crippen MR) is 123 cm³/mol. The zero-order valence-electron chi connectivity index (χ0n) is 18.8. The summed E-state index contributed by atoms with van der Waals surface area (Å²) in [6.45, 7) is 5.64. The minimum atomic E-state index is -1.20. The van der Waals surface area contributed by atoms with E-state index in [0.717, 1.165) is 22.3 Å². The van der Waals surface area contributed by atoms with E-state index in [1.165, 1.54) is 0 Å². The zero-order chi connectivity index (χ0) is 23.5. The predicted octanol–water partition coefficient (Wildman–Crippen LogP) is 2.58. The molecule has 1 atom stereocenters. The second kappa shape index (κ2) is 9.62. The van der Waals surface area contributed by atoms with Gasteiger partial charge >= 0.3 is 12.1 Å². The number of likely N-dealkylation sites (tertiary alicyclic amines) is 1. The third-order valence-corrected chi connectivity index (χ3v) is 6.32. The quantitative estimate of drug-likeness (QED) is 0.569. The highest BCUT2D eigenvalue weighted by Crippen LogP contribution is 2.44. The summed E-state index contributed by atoms with van der Waals surface area (Å²) in [7, 11) is 0. The number of benzene rings is 2. The molecule has 1 unspecified atom stereocenters. The van der Waals surface area contributed by atoms with E-state index in [0.29, 0.717) is 19.1 Å². The molecule has 2 aliphatic rings. The minimum absolute atomic E-state index is 0.0551. The third kappa shape index (κ3) is 5.01. The number of carbonyl (C=O) groups is 3. The first-order chi connectivity index (χ1) is 15.8. The molecule has 8 heteroatoms. The third-order valence-electron chi connectivity index (χ3n) is 6.32. The maximum Gasteiger partial charge on any atom is 0.407 e. The topological polar surface area (TPSA) is 108 Å². The fraction of sp³-hybridized carbons (Fsp3) is 0.400. The lowest BCUT2D eigenvalue weighted by Gasteiger charge is -2.42. The van der Waals surface area contributed by atoms with Crippen molar-refractivity contribution < 1.29 is 24.2 Å². The molecule has 174 valence electrons. The Balaban J connectivity index is 1.36. The van der Waals surface area contributed by atoms with Crippen LogP contribution in [0.4, 0.5) is 4.79 Å². The summed E-state index contributed by atoms with van der Waals surface area (Å²) in [4.78, 5) is 38.6. The molecule has 2 aromatic carbocycles. The van der Waals surface area contributed by atoms with Gasteiger partial charge in [-0.3, -0.25) is 14.5 Å². The van der Waals surface area contributed by atoms with Crippen molar-refractivity contribution in [1.82, 2.24) is 15.5 Å². The lowest BCUT2D eigenvalue weighted by Crippen LogP contribution is -2.63. The van der Waals surface area contributed by atoms with E-state index in [4.69, 9.17) is 4.74 Å². The maximum absolute atomic E-state index is 12.6. The van der Waals surface area contributed by atoms with Crippen molar-refractivity contribution in [2.75, 3.05) is 19.7 Å². The Hall–Kier alpha value is -3.39. The van der Waals surface area contributed by atoms with Crippen LogP contribution in [-0.4, -0.2) is 65.8 Å². The SMILES string of the molecule is CC(C)N1CC(NC(=O)C(CC(=O)O)NC(=O)OCC2c3ccccc3-c3ccccc32)C1. The van der Waals surface area contributed by atoms with Crippen molar-refractivity contribution in [1.29, 1.82) is 0 Å². The first-order valence-corrected chi connectivity index (χ1v) is 11.2. The van der Waals surface area contributed by atoms with Gasteiger partial charge in [0, 0.05) is 25.0 Å². The van der Waals surface area contributed by atoms with E-state index in [9.17, 15) is 19.5 Å². The Morgan fingerprint density at radius 3 is 2.15 bits per heavy atom. The second-order valence-corrected chi connectivity index (χ2v) is 8.87. The number of carboxylic acids is 1. The van der Waals surface area contributed by atoms with Gasteiger partial charge in [-0.05, 0) is 36.1 Å². The van der Waals surface area contributed by atoms with Gasteiger partial charge < -0.3 is 20.5 Å². The smallest absolute Gasteiger partial charge is 0.407 e. The van der Waals surface area contributed by atoms with Crippen molar-refractivity contribution in [2.24, 2.45) is 0 Å². The molecule has 1 fully saturated rings. The van der Waals surface area contributed by atoms with Crippen LogP contribution < -0.4 is 10.6 Å². The normalized spacial score (nSPS) is 16.5. The molecule has 0 radical (unpaired) electrons. The zero-order valence-corrected chi connectivity index (χ0v) is 18.8. The van der Waals surface area contributed by atoms with Crippen LogP contribution in [0.15, 0.2) is 48.5 Å². The van der Waals surface area contributed by atoms with Gasteiger partial charge in [-0.15, -0.1) is 0 Å². The van der Waals surface area contributed by atoms with Gasteiger partial charge in [-0.25, -0.2) is 4.79 Å². The average molecular weight is 452 g/mol. The molecule has 33 heavy (non-hydrogen) atoms. The number of ether oxygens (including phenoxy) is 1. The van der Waals surface area contributed by atoms with Gasteiger partial charge in [0.05, 0.1) is 12.5 Å². The lowest BCUT2D eigenvalue weighted by atomic mass is 9.98. The molecule has 2 amide bonds. The first-order valence-electron chi connectivity index (χ1n) is 11.2. The molecule has 0 saturated carbocycles. The Kier molecular flexibility index (Phi) is 6.65. The van der Waals surface area contributed by atoms with Crippen LogP contribution in [0.1, 0.15) is 37.3 Å². The van der Waals surface area contributed by atoms with Crippen molar-refractivity contribution in [3.63, 3.8) is 0 Å². The average Bonchev–Trinajstić information content (AvgIpc) is 3.07. The van der Waals surface area contributed by atoms with Crippen LogP contribution >= 0.6 is 0 Å². The van der Waals surface area contributed by atoms with Crippen molar-refractivity contribution >= 4 is 18.0 Å². The molecule has 1 heterocycles. The van der Waals surface area contributed by atoms with Crippen LogP contribution in [0.2, 0.25) is 0 Å². The number of hydrogen-bond donors (Lipinski definition) is 3. The molecule has 4 rings (SSSR count). The number of alkyl carbamates (subject to hydrolysis) is 1. The van der Waals surface area contributed by atoms with Gasteiger partial charge in [-0.2, -0.15) is 0 Å². The lowest BCUT2D eigenvalue weighted by molar-refractivity contribution is -0.140. The van der Waals surface area contributed by atoms with Crippen LogP contribution in [0.5, 0.6) is 0 Å². The largest absolute Gasteiger partial charge is 0.481 e. The maximum atomic E-state index is 12.6. The second-order valence-electron chi connectivity index (χ2n) is 8.87. The summed E-state index contributed by atoms with van der Waals surface area (Å²) in [5, 5.41) is 14.5. The number of amides is 2. The molecular formula is C25H29N3O5. The fourth-order valence-corrected chi connectivity index (χ4v) is 4.49. The van der Waals surface area contributed by atoms with Gasteiger partial charge in [-0.1, -0.05) is 48.5 Å². The van der Waals surface area contributed by atoms with Gasteiger partial charge in [0.15, 0.2) is 0 Å². The van der Waals surface area contributed by atoms with Gasteiger partial charge in [0.25, 0.3) is 0 Å². The summed E-state index contributed by atoms with van der Waals surface area (Å²) in [5.74, 6) is -1.81. The Labute approximate surface area is 192 Å². The van der Waals surface area contributed by atoms with Crippen LogP contribution in [-0.2, 0) is 14.3 Å². The standard InChI is InChI=1S/C25H29N3O5/c1-15(2)28-12-16(13-28)26-24(31)22(11-23(29)30)27-25(32)33-14-21-19-9-5-3-7-17(19)18-8-4-6-10-20(18)21/h3-10,15-16,21-22H,11-14H2,1-2H3,(H,26,31)(H,27,32)(H,29,30). The van der Waals surface area contributed by atoms with E-state index in [1.807, 2.05) is 48.5 Å². The summed E-state index contributed by atoms with van der Waals surface area (Å²) in [5.41, 5.74) is 4.37. The van der Waals surface area contributed by atoms with E-state index in [2.05, 4.69) is 29.4 Å². The number of carboxylic acid groups (broad SMARTS) is 1. The number of nitrogens with one attached hydrogen (secondary N) is 2. The molecule has 0 aromatic heterocycles. The Morgan fingerprint density at radius 1 is 1.03 bits per heavy atom. The van der Waals surface area contributed by atoms with E-state index in [-0.39, 0.29) is 18.6 Å². The minimum Gasteiger partial charge on any atom is -0.481 e. The molecule has 3 N–H and O–H groups in total. The highest BCUT2D eigenvalue weighted by molar-refractivity contribution is 5.89. The molecule has 2 aromatic rings. The molecule has 1 aliphatic carbocycles. The van der Waals surface area contributed by atoms with Crippen molar-refractivity contribution in [3.8, 4) is 11.1 Å². The summed E-state index contributed by atoms with van der Waals surface area (Å²) in [6, 6.07) is 15.1. The monoisotopic (exact) mass is 451 g/mol. The molecule has 8 nitrogen and oxygen atoms in total. The van der Waals surface area contributed by atoms with Gasteiger partial charge in [0.2, 0.25) is 5.91 Å². The number of hydrogen-bond acceptors (Lipinski definition) is 5. The van der Waals surface area contributed by atoms with E-state index >= 15 is 0 Å². The fourth-order valence-electron chi connectivity index (χ4n) is 4.49. The summed E-state index contributed by atoms with van der Waals surface area (Å²) >= 11 is 0. The van der Waals surface area contributed by atoms with Crippen molar-refractivity contribution in [3.05, 3.63) is 59.7 Å². The Bertz CT molecular complexity index is 1000. The molecule has 1 saturated heterocycles. The summed E-state index contributed by atoms with van der Waals surface area (Å²) < 4.78 is 5.46. The number of nitrogens with zero attached hydrogens (tertiary/aromatic N) is 1. The molecule has 0 spiro atoms. The summed E-state index contributed by atoms with van der Waals surface area (Å²) in [6.07, 6.45) is -1.33. The first kappa shape index (κ1) is 22.8. The Morgan fingerprint density at radius 2 is 1.61 bits per heavy atom. The number of fused-ring (bicyclic) bond motifs is 3. The van der Waals surface area contributed by atoms with Crippen LogP contribution in [0.3, 0.4) is 0 Å². The van der Waals surface area contributed by atoms with Crippen molar-refractivity contribution in [2.45, 2.75) is 44.3 Å². The highest BCUT2D eigenvalue weighted by atomic mass is 16.5.